The molecule has 3 heterocycles. The van der Waals surface area contributed by atoms with Gasteiger partial charge in [-0.25, -0.2) is 9.31 Å². The van der Waals surface area contributed by atoms with Crippen molar-refractivity contribution in [1.29, 1.82) is 0 Å². The van der Waals surface area contributed by atoms with Gasteiger partial charge in [0.2, 0.25) is 0 Å². The number of methoxy groups -OCH3 is 1. The summed E-state index contributed by atoms with van der Waals surface area (Å²) in [7, 11) is 1.66. The monoisotopic (exact) mass is 364 g/mol. The van der Waals surface area contributed by atoms with Gasteiger partial charge in [0, 0.05) is 18.8 Å². The second-order valence-corrected chi connectivity index (χ2v) is 6.86. The molecule has 6 nitrogen and oxygen atoms in total. The number of hydrogen-bond acceptors (Lipinski definition) is 3. The zero-order valence-corrected chi connectivity index (χ0v) is 15.5. The highest BCUT2D eigenvalue weighted by molar-refractivity contribution is 5.89. The fraction of sp³-hybridized carbons (Fsp3) is 0.333. The molecule has 2 aromatic heterocycles. The summed E-state index contributed by atoms with van der Waals surface area (Å²) in [6.07, 6.45) is 6.12. The van der Waals surface area contributed by atoms with Gasteiger partial charge >= 0.3 is 6.03 Å². The number of nitrogens with zero attached hydrogens (tertiary/aromatic N) is 3. The molecule has 1 N–H and O–H groups in total. The van der Waals surface area contributed by atoms with Gasteiger partial charge in [0.25, 0.3) is 0 Å². The van der Waals surface area contributed by atoms with Gasteiger partial charge in [-0.3, -0.25) is 5.32 Å². The van der Waals surface area contributed by atoms with Crippen LogP contribution in [0.4, 0.5) is 10.6 Å². The number of likely N-dealkylation sites (tertiary alicyclic amines) is 1. The third-order valence-electron chi connectivity index (χ3n) is 5.12. The minimum absolute atomic E-state index is 0.0652. The predicted molar refractivity (Wildman–Crippen MR) is 105 cm³/mol. The fourth-order valence-electron chi connectivity index (χ4n) is 3.70. The lowest BCUT2D eigenvalue weighted by molar-refractivity contribution is 0.189. The molecule has 0 spiro atoms. The topological polar surface area (TPSA) is 58.9 Å². The van der Waals surface area contributed by atoms with E-state index in [0.29, 0.717) is 5.82 Å². The predicted octanol–water partition coefficient (Wildman–Crippen LogP) is 4.49. The maximum absolute atomic E-state index is 13.0. The first-order valence-electron chi connectivity index (χ1n) is 9.40. The van der Waals surface area contributed by atoms with Crippen LogP contribution in [-0.4, -0.2) is 34.2 Å². The van der Waals surface area contributed by atoms with Crippen molar-refractivity contribution in [2.75, 3.05) is 19.0 Å². The molecule has 3 aromatic rings. The Kier molecular flexibility index (Phi) is 4.96. The van der Waals surface area contributed by atoms with Crippen molar-refractivity contribution < 1.29 is 9.53 Å². The summed E-state index contributed by atoms with van der Waals surface area (Å²) >= 11 is 0. The molecule has 1 saturated heterocycles. The van der Waals surface area contributed by atoms with Crippen molar-refractivity contribution in [3.8, 4) is 5.75 Å². The van der Waals surface area contributed by atoms with Gasteiger partial charge in [-0.05, 0) is 42.7 Å². The molecule has 2 amide bonds. The maximum Gasteiger partial charge on any atom is 0.323 e. The van der Waals surface area contributed by atoms with Crippen LogP contribution in [0.1, 0.15) is 37.3 Å². The van der Waals surface area contributed by atoms with E-state index in [1.807, 2.05) is 47.5 Å². The number of rotatable bonds is 3. The Balaban J connectivity index is 1.56. The summed E-state index contributed by atoms with van der Waals surface area (Å²) in [5.74, 6) is 1.40. The molecule has 4 rings (SSSR count). The summed E-state index contributed by atoms with van der Waals surface area (Å²) in [4.78, 5) is 15.0. The van der Waals surface area contributed by atoms with Gasteiger partial charge < -0.3 is 9.64 Å². The number of amides is 2. The average molecular weight is 364 g/mol. The van der Waals surface area contributed by atoms with E-state index in [0.717, 1.165) is 49.1 Å². The first-order chi connectivity index (χ1) is 13.2. The van der Waals surface area contributed by atoms with Crippen LogP contribution in [0.3, 0.4) is 0 Å². The van der Waals surface area contributed by atoms with Crippen LogP contribution in [0.5, 0.6) is 5.75 Å². The lowest BCUT2D eigenvalue weighted by Crippen LogP contribution is -2.38. The molecule has 1 aliphatic rings. The second kappa shape index (κ2) is 7.70. The smallest absolute Gasteiger partial charge is 0.323 e. The Morgan fingerprint density at radius 1 is 1.15 bits per heavy atom. The molecule has 27 heavy (non-hydrogen) atoms. The third kappa shape index (κ3) is 3.74. The first kappa shape index (κ1) is 17.4. The highest BCUT2D eigenvalue weighted by Gasteiger charge is 2.27. The quantitative estimate of drug-likeness (QED) is 0.745. The van der Waals surface area contributed by atoms with E-state index in [9.17, 15) is 4.79 Å². The minimum atomic E-state index is -0.0962. The van der Waals surface area contributed by atoms with Crippen molar-refractivity contribution in [2.24, 2.45) is 0 Å². The van der Waals surface area contributed by atoms with E-state index in [2.05, 4.69) is 22.5 Å². The van der Waals surface area contributed by atoms with Crippen LogP contribution >= 0.6 is 0 Å². The average Bonchev–Trinajstić information content (AvgIpc) is 2.94. The van der Waals surface area contributed by atoms with Crippen LogP contribution in [-0.2, 0) is 0 Å². The van der Waals surface area contributed by atoms with Crippen LogP contribution in [0, 0.1) is 0 Å². The minimum Gasteiger partial charge on any atom is -0.497 e. The summed E-state index contributed by atoms with van der Waals surface area (Å²) in [6.45, 7) is 0.746. The zero-order valence-electron chi connectivity index (χ0n) is 15.5. The lowest BCUT2D eigenvalue weighted by Gasteiger charge is -2.30. The number of ether oxygens (including phenoxy) is 1. The van der Waals surface area contributed by atoms with E-state index >= 15 is 0 Å². The molecule has 1 aromatic carbocycles. The van der Waals surface area contributed by atoms with E-state index in [-0.39, 0.29) is 12.1 Å². The SMILES string of the molecule is COc1ccc(C2CCCCCN2C(=O)Nc2cc3ccccn3n2)cc1. The van der Waals surface area contributed by atoms with Gasteiger partial charge in [0.15, 0.2) is 5.82 Å². The third-order valence-corrected chi connectivity index (χ3v) is 5.12. The Bertz CT molecular complexity index is 886. The fourth-order valence-corrected chi connectivity index (χ4v) is 3.70. The lowest BCUT2D eigenvalue weighted by atomic mass is 10.0. The number of pyridine rings is 1. The number of urea groups is 1. The molecule has 0 radical (unpaired) electrons. The summed E-state index contributed by atoms with van der Waals surface area (Å²) in [5.41, 5.74) is 2.10. The molecular formula is C21H24N4O2. The van der Waals surface area contributed by atoms with E-state index in [1.165, 1.54) is 0 Å². The number of carbonyl (C=O) groups is 1. The molecule has 1 atom stereocenters. The normalized spacial score (nSPS) is 17.5. The van der Waals surface area contributed by atoms with Crippen LogP contribution in [0.15, 0.2) is 54.7 Å². The Labute approximate surface area is 158 Å². The molecule has 0 bridgehead atoms. The number of carbonyl (C=O) groups excluding carboxylic acids is 1. The second-order valence-electron chi connectivity index (χ2n) is 6.86. The number of benzene rings is 1. The molecule has 1 fully saturated rings. The molecule has 1 unspecified atom stereocenters. The number of aromatic nitrogens is 2. The number of anilines is 1. The van der Waals surface area contributed by atoms with Gasteiger partial charge in [-0.1, -0.05) is 31.0 Å². The Morgan fingerprint density at radius 3 is 2.78 bits per heavy atom. The molecule has 1 aliphatic heterocycles. The molecule has 0 aliphatic carbocycles. The van der Waals surface area contributed by atoms with Crippen molar-refractivity contribution >= 4 is 17.4 Å². The van der Waals surface area contributed by atoms with Gasteiger partial charge in [-0.2, -0.15) is 0 Å². The standard InChI is InChI=1S/C21H24N4O2/c1-27-18-11-9-16(10-12-18)19-8-3-2-5-13-24(19)21(26)22-20-15-17-7-4-6-14-25(17)23-20/h4,6-7,9-12,14-15,19H,2-3,5,8,13H2,1H3,(H,22,23,26). The van der Waals surface area contributed by atoms with Crippen molar-refractivity contribution in [3.63, 3.8) is 0 Å². The summed E-state index contributed by atoms with van der Waals surface area (Å²) in [6, 6.07) is 15.7. The van der Waals surface area contributed by atoms with Crippen LogP contribution < -0.4 is 10.1 Å². The number of nitrogens with one attached hydrogen (secondary N) is 1. The molecule has 140 valence electrons. The number of fused-ring (bicyclic) bond motifs is 1. The molecule has 6 heteroatoms. The van der Waals surface area contributed by atoms with Gasteiger partial charge in [0.05, 0.1) is 18.7 Å². The van der Waals surface area contributed by atoms with Crippen molar-refractivity contribution in [3.05, 3.63) is 60.3 Å². The van der Waals surface area contributed by atoms with E-state index in [1.54, 1.807) is 11.6 Å². The summed E-state index contributed by atoms with van der Waals surface area (Å²) in [5, 5.41) is 7.41. The van der Waals surface area contributed by atoms with E-state index in [4.69, 9.17) is 4.74 Å². The van der Waals surface area contributed by atoms with Crippen molar-refractivity contribution in [1.82, 2.24) is 14.5 Å². The Morgan fingerprint density at radius 2 is 2.00 bits per heavy atom. The Hall–Kier alpha value is -3.02. The van der Waals surface area contributed by atoms with Crippen LogP contribution in [0.2, 0.25) is 0 Å². The summed E-state index contributed by atoms with van der Waals surface area (Å²) < 4.78 is 7.02. The highest BCUT2D eigenvalue weighted by atomic mass is 16.5. The molecular weight excluding hydrogens is 340 g/mol. The van der Waals surface area contributed by atoms with Crippen molar-refractivity contribution in [2.45, 2.75) is 31.7 Å². The largest absolute Gasteiger partial charge is 0.497 e. The first-order valence-corrected chi connectivity index (χ1v) is 9.40. The number of hydrogen-bond donors (Lipinski definition) is 1. The van der Waals surface area contributed by atoms with Crippen LogP contribution in [0.25, 0.3) is 5.52 Å². The highest BCUT2D eigenvalue weighted by Crippen LogP contribution is 2.31. The zero-order chi connectivity index (χ0) is 18.6. The van der Waals surface area contributed by atoms with E-state index < -0.39 is 0 Å². The molecule has 0 saturated carbocycles. The van der Waals surface area contributed by atoms with Gasteiger partial charge in [-0.15, -0.1) is 5.10 Å². The maximum atomic E-state index is 13.0. The van der Waals surface area contributed by atoms with Gasteiger partial charge in [0.1, 0.15) is 5.75 Å².